The molecule has 0 saturated heterocycles. The minimum Gasteiger partial charge on any atom is -0.354 e. The molecule has 0 radical (unpaired) electrons. The van der Waals surface area contributed by atoms with Crippen LogP contribution in [-0.2, 0) is 5.41 Å². The molecule has 1 nitrogen and oxygen atoms in total. The Hall–Kier alpha value is -4.66. The molecule has 0 saturated carbocycles. The Morgan fingerprint density at radius 2 is 1.10 bits per heavy atom. The number of hydrogen-bond donors (Lipinski definition) is 1. The molecule has 0 amide bonds. The maximum Gasteiger partial charge on any atom is 0.0479 e. The zero-order chi connectivity index (χ0) is 27.6. The van der Waals surface area contributed by atoms with Gasteiger partial charge in [0.15, 0.2) is 0 Å². The third kappa shape index (κ3) is 3.68. The van der Waals surface area contributed by atoms with E-state index in [-0.39, 0.29) is 5.41 Å². The molecule has 0 spiro atoms. The molecule has 0 bridgehead atoms. The molecular weight excluding hydrogens is 515 g/mol. The molecule has 1 N–H and O–H groups in total. The standard InChI is InChI=1S/C39H29NS/c1-39(2)31-20-10-9-17-29(31)35-32(39)21-12-22-33(35)40-34-24-23-28(26-15-7-4-8-16-26)38-36(34)30-19-11-18-27(37(30)41-38)25-13-5-3-6-14-25/h3-24,40H,1-2H3. The van der Waals surface area contributed by atoms with Gasteiger partial charge in [0.2, 0.25) is 0 Å². The predicted molar refractivity (Wildman–Crippen MR) is 177 cm³/mol. The maximum absolute atomic E-state index is 3.95. The second-order valence-electron chi connectivity index (χ2n) is 11.4. The molecule has 6 aromatic carbocycles. The van der Waals surface area contributed by atoms with Gasteiger partial charge in [-0.1, -0.05) is 135 Å². The van der Waals surface area contributed by atoms with E-state index in [9.17, 15) is 0 Å². The van der Waals surface area contributed by atoms with Gasteiger partial charge in [0.25, 0.3) is 0 Å². The molecule has 7 aromatic rings. The van der Waals surface area contributed by atoms with Crippen LogP contribution < -0.4 is 5.32 Å². The van der Waals surface area contributed by atoms with Crippen molar-refractivity contribution >= 4 is 42.9 Å². The first-order chi connectivity index (χ1) is 20.1. The Balaban J connectivity index is 1.39. The molecule has 1 heterocycles. The quantitative estimate of drug-likeness (QED) is 0.233. The van der Waals surface area contributed by atoms with Crippen LogP contribution in [0.15, 0.2) is 133 Å². The Bertz CT molecular complexity index is 2080. The van der Waals surface area contributed by atoms with Crippen molar-refractivity contribution in [2.24, 2.45) is 0 Å². The summed E-state index contributed by atoms with van der Waals surface area (Å²) in [6.07, 6.45) is 0. The van der Waals surface area contributed by atoms with Crippen LogP contribution in [0, 0.1) is 0 Å². The maximum atomic E-state index is 3.95. The Kier molecular flexibility index (Phi) is 5.42. The summed E-state index contributed by atoms with van der Waals surface area (Å²) >= 11 is 1.90. The minimum absolute atomic E-state index is 0.0320. The van der Waals surface area contributed by atoms with Crippen molar-refractivity contribution < 1.29 is 0 Å². The number of thiophene rings is 1. The van der Waals surface area contributed by atoms with Gasteiger partial charge in [-0.25, -0.2) is 0 Å². The van der Waals surface area contributed by atoms with Crippen LogP contribution in [0.2, 0.25) is 0 Å². The van der Waals surface area contributed by atoms with Gasteiger partial charge in [-0.3, -0.25) is 0 Å². The van der Waals surface area contributed by atoms with Gasteiger partial charge in [0.1, 0.15) is 0 Å². The smallest absolute Gasteiger partial charge is 0.0479 e. The summed E-state index contributed by atoms with van der Waals surface area (Å²) in [4.78, 5) is 0. The van der Waals surface area contributed by atoms with E-state index in [1.165, 1.54) is 64.7 Å². The second kappa shape index (κ2) is 9.19. The van der Waals surface area contributed by atoms with Crippen molar-refractivity contribution in [3.8, 4) is 33.4 Å². The molecule has 0 fully saturated rings. The van der Waals surface area contributed by atoms with Crippen LogP contribution in [-0.4, -0.2) is 0 Å². The second-order valence-corrected chi connectivity index (χ2v) is 12.4. The summed E-state index contributed by atoms with van der Waals surface area (Å²) in [5, 5.41) is 6.52. The Morgan fingerprint density at radius 3 is 1.85 bits per heavy atom. The highest BCUT2D eigenvalue weighted by molar-refractivity contribution is 7.27. The number of benzene rings is 6. The van der Waals surface area contributed by atoms with Gasteiger partial charge in [0.05, 0.1) is 0 Å². The highest BCUT2D eigenvalue weighted by Crippen LogP contribution is 2.53. The van der Waals surface area contributed by atoms with Gasteiger partial charge in [-0.2, -0.15) is 0 Å². The van der Waals surface area contributed by atoms with Crippen LogP contribution in [0.25, 0.3) is 53.6 Å². The highest BCUT2D eigenvalue weighted by atomic mass is 32.1. The van der Waals surface area contributed by atoms with Crippen molar-refractivity contribution in [3.05, 3.63) is 145 Å². The normalized spacial score (nSPS) is 13.3. The Labute approximate surface area is 244 Å². The number of anilines is 2. The average Bonchev–Trinajstić information content (AvgIpc) is 3.52. The zero-order valence-electron chi connectivity index (χ0n) is 23.1. The van der Waals surface area contributed by atoms with E-state index in [1.807, 2.05) is 11.3 Å². The molecule has 0 atom stereocenters. The third-order valence-electron chi connectivity index (χ3n) is 8.69. The first-order valence-corrected chi connectivity index (χ1v) is 15.0. The van der Waals surface area contributed by atoms with E-state index < -0.39 is 0 Å². The van der Waals surface area contributed by atoms with Crippen LogP contribution in [0.3, 0.4) is 0 Å². The SMILES string of the molecule is CC1(C)c2ccccc2-c2c(Nc3ccc(-c4ccccc4)c4sc5c(-c6ccccc6)cccc5c34)cccc21. The molecular formula is C39H29NS. The van der Waals surface area contributed by atoms with Crippen molar-refractivity contribution in [1.82, 2.24) is 0 Å². The molecule has 8 rings (SSSR count). The molecule has 0 unspecified atom stereocenters. The van der Waals surface area contributed by atoms with Gasteiger partial charge < -0.3 is 5.32 Å². The molecule has 1 aliphatic rings. The van der Waals surface area contributed by atoms with Crippen molar-refractivity contribution in [2.75, 3.05) is 5.32 Å². The summed E-state index contributed by atoms with van der Waals surface area (Å²) in [7, 11) is 0. The summed E-state index contributed by atoms with van der Waals surface area (Å²) in [5.74, 6) is 0. The largest absolute Gasteiger partial charge is 0.354 e. The fraction of sp³-hybridized carbons (Fsp3) is 0.0769. The van der Waals surface area contributed by atoms with Crippen LogP contribution in [0.1, 0.15) is 25.0 Å². The topological polar surface area (TPSA) is 12.0 Å². The summed E-state index contributed by atoms with van der Waals surface area (Å²) < 4.78 is 2.64. The van der Waals surface area contributed by atoms with Crippen LogP contribution >= 0.6 is 11.3 Å². The van der Waals surface area contributed by atoms with Crippen molar-refractivity contribution in [2.45, 2.75) is 19.3 Å². The minimum atomic E-state index is -0.0320. The molecule has 0 aliphatic heterocycles. The number of rotatable bonds is 4. The molecule has 2 heteroatoms. The molecule has 41 heavy (non-hydrogen) atoms. The summed E-state index contributed by atoms with van der Waals surface area (Å²) in [5.41, 5.74) is 12.7. The zero-order valence-corrected chi connectivity index (χ0v) is 23.9. The van der Waals surface area contributed by atoms with Gasteiger partial charge >= 0.3 is 0 Å². The van der Waals surface area contributed by atoms with E-state index in [0.29, 0.717) is 0 Å². The van der Waals surface area contributed by atoms with Gasteiger partial charge in [-0.05, 0) is 51.1 Å². The number of nitrogens with one attached hydrogen (secondary N) is 1. The van der Waals surface area contributed by atoms with Crippen molar-refractivity contribution in [1.29, 1.82) is 0 Å². The lowest BCUT2D eigenvalue weighted by molar-refractivity contribution is 0.660. The van der Waals surface area contributed by atoms with E-state index >= 15 is 0 Å². The van der Waals surface area contributed by atoms with E-state index in [2.05, 4.69) is 153 Å². The van der Waals surface area contributed by atoms with Crippen LogP contribution in [0.4, 0.5) is 11.4 Å². The lowest BCUT2D eigenvalue weighted by Crippen LogP contribution is -2.14. The van der Waals surface area contributed by atoms with Crippen LogP contribution in [0.5, 0.6) is 0 Å². The molecule has 1 aliphatic carbocycles. The fourth-order valence-corrected chi connectivity index (χ4v) is 8.10. The lowest BCUT2D eigenvalue weighted by atomic mass is 9.82. The van der Waals surface area contributed by atoms with E-state index in [1.54, 1.807) is 0 Å². The first kappa shape index (κ1) is 24.2. The third-order valence-corrected chi connectivity index (χ3v) is 9.96. The predicted octanol–water partition coefficient (Wildman–Crippen LogP) is 11.4. The first-order valence-electron chi connectivity index (χ1n) is 14.2. The average molecular weight is 544 g/mol. The monoisotopic (exact) mass is 543 g/mol. The molecule has 1 aromatic heterocycles. The summed E-state index contributed by atoms with van der Waals surface area (Å²) in [6.45, 7) is 4.68. The van der Waals surface area contributed by atoms with Gasteiger partial charge in [0, 0.05) is 42.5 Å². The van der Waals surface area contributed by atoms with E-state index in [0.717, 1.165) is 11.4 Å². The number of fused-ring (bicyclic) bond motifs is 6. The highest BCUT2D eigenvalue weighted by Gasteiger charge is 2.36. The molecule has 196 valence electrons. The lowest BCUT2D eigenvalue weighted by Gasteiger charge is -2.21. The van der Waals surface area contributed by atoms with Gasteiger partial charge in [-0.15, -0.1) is 11.3 Å². The number of hydrogen-bond acceptors (Lipinski definition) is 2. The fourth-order valence-electron chi connectivity index (χ4n) is 6.70. The van der Waals surface area contributed by atoms with Crippen molar-refractivity contribution in [3.63, 3.8) is 0 Å². The van der Waals surface area contributed by atoms with E-state index in [4.69, 9.17) is 0 Å². The Morgan fingerprint density at radius 1 is 0.488 bits per heavy atom. The summed E-state index contributed by atoms with van der Waals surface area (Å²) in [6, 6.07) is 48.4.